The van der Waals surface area contributed by atoms with Crippen molar-refractivity contribution in [2.45, 2.75) is 18.9 Å². The van der Waals surface area contributed by atoms with Crippen molar-refractivity contribution in [2.24, 2.45) is 0 Å². The average Bonchev–Trinajstić information content (AvgIpc) is 3.52. The molecule has 2 aliphatic rings. The molecule has 2 aliphatic heterocycles. The number of aliphatic hydroxyl groups is 1. The molecular formula is C28H26N2O5. The monoisotopic (exact) mass is 470 g/mol. The molecule has 3 aromatic rings. The van der Waals surface area contributed by atoms with Gasteiger partial charge in [-0.15, -0.1) is 0 Å². The van der Waals surface area contributed by atoms with Gasteiger partial charge in [-0.1, -0.05) is 24.3 Å². The predicted octanol–water partition coefficient (Wildman–Crippen LogP) is 4.63. The van der Waals surface area contributed by atoms with Gasteiger partial charge in [-0.3, -0.25) is 14.5 Å². The Morgan fingerprint density at radius 2 is 1.57 bits per heavy atom. The van der Waals surface area contributed by atoms with E-state index in [2.05, 4.69) is 4.90 Å². The standard InChI is InChI=1S/C28H26N2O5/c1-35-23-6-4-5-19(17-23)26(32)24-25(18-7-13-22(31)14-8-18)30(28(34)27(24)33)21-11-9-20(10-12-21)29-15-2-3-16-29/h4-14,17,25,31-32H,2-3,15-16H2,1H3/b26-24+. The smallest absolute Gasteiger partial charge is 0.300 e. The fraction of sp³-hybridized carbons (Fsp3) is 0.214. The number of hydrogen-bond donors (Lipinski definition) is 2. The number of ketones is 1. The lowest BCUT2D eigenvalue weighted by Gasteiger charge is -2.26. The van der Waals surface area contributed by atoms with Gasteiger partial charge in [0, 0.05) is 30.0 Å². The number of carbonyl (C=O) groups is 2. The number of amides is 1. The van der Waals surface area contributed by atoms with Crippen LogP contribution in [0.2, 0.25) is 0 Å². The molecule has 2 heterocycles. The van der Waals surface area contributed by atoms with Gasteiger partial charge in [-0.25, -0.2) is 0 Å². The number of anilines is 2. The number of rotatable bonds is 5. The lowest BCUT2D eigenvalue weighted by molar-refractivity contribution is -0.132. The van der Waals surface area contributed by atoms with Crippen LogP contribution in [0.25, 0.3) is 5.76 Å². The summed E-state index contributed by atoms with van der Waals surface area (Å²) in [4.78, 5) is 30.3. The zero-order valence-electron chi connectivity index (χ0n) is 19.3. The molecule has 1 atom stereocenters. The first-order valence-corrected chi connectivity index (χ1v) is 11.6. The van der Waals surface area contributed by atoms with E-state index in [1.165, 1.54) is 24.1 Å². The topological polar surface area (TPSA) is 90.3 Å². The van der Waals surface area contributed by atoms with Crippen molar-refractivity contribution < 1.29 is 24.5 Å². The highest BCUT2D eigenvalue weighted by Gasteiger charge is 2.47. The molecule has 1 amide bonds. The van der Waals surface area contributed by atoms with E-state index in [1.807, 2.05) is 24.3 Å². The highest BCUT2D eigenvalue weighted by Crippen LogP contribution is 2.43. The van der Waals surface area contributed by atoms with Crippen LogP contribution in [0, 0.1) is 0 Å². The van der Waals surface area contributed by atoms with Crippen LogP contribution in [0.1, 0.15) is 30.0 Å². The summed E-state index contributed by atoms with van der Waals surface area (Å²) in [5.74, 6) is -1.19. The molecule has 5 rings (SSSR count). The molecule has 0 aliphatic carbocycles. The Balaban J connectivity index is 1.63. The molecule has 0 bridgehead atoms. The van der Waals surface area contributed by atoms with Crippen molar-refractivity contribution in [3.8, 4) is 11.5 Å². The van der Waals surface area contributed by atoms with E-state index in [4.69, 9.17) is 4.74 Å². The second kappa shape index (κ2) is 9.18. The minimum atomic E-state index is -0.862. The van der Waals surface area contributed by atoms with Gasteiger partial charge in [-0.2, -0.15) is 0 Å². The van der Waals surface area contributed by atoms with Crippen LogP contribution in [0.5, 0.6) is 11.5 Å². The summed E-state index contributed by atoms with van der Waals surface area (Å²) in [5, 5.41) is 21.0. The van der Waals surface area contributed by atoms with Crippen molar-refractivity contribution >= 4 is 28.8 Å². The van der Waals surface area contributed by atoms with E-state index in [0.717, 1.165) is 31.6 Å². The molecule has 2 saturated heterocycles. The molecule has 1 unspecified atom stereocenters. The number of hydrogen-bond acceptors (Lipinski definition) is 6. The number of benzene rings is 3. The summed E-state index contributed by atoms with van der Waals surface area (Å²) < 4.78 is 5.26. The molecule has 7 nitrogen and oxygen atoms in total. The van der Waals surface area contributed by atoms with Crippen LogP contribution in [0.3, 0.4) is 0 Å². The molecular weight excluding hydrogens is 444 g/mol. The number of carbonyl (C=O) groups excluding carboxylic acids is 2. The summed E-state index contributed by atoms with van der Waals surface area (Å²) in [7, 11) is 1.51. The van der Waals surface area contributed by atoms with Crippen LogP contribution in [-0.2, 0) is 9.59 Å². The Morgan fingerprint density at radius 3 is 2.23 bits per heavy atom. The number of aliphatic hydroxyl groups excluding tert-OH is 1. The molecule has 0 saturated carbocycles. The van der Waals surface area contributed by atoms with Crippen LogP contribution in [0.15, 0.2) is 78.4 Å². The van der Waals surface area contributed by atoms with Gasteiger partial charge in [0.15, 0.2) is 0 Å². The number of phenolic OH excluding ortho intramolecular Hbond substituents is 1. The molecule has 2 N–H and O–H groups in total. The van der Waals surface area contributed by atoms with Gasteiger partial charge >= 0.3 is 0 Å². The minimum absolute atomic E-state index is 0.0161. The maximum atomic E-state index is 13.3. The number of methoxy groups -OCH3 is 1. The van der Waals surface area contributed by atoms with Crippen LogP contribution in [-0.4, -0.2) is 42.1 Å². The summed E-state index contributed by atoms with van der Waals surface area (Å²) in [5.41, 5.74) is 2.57. The number of phenols is 1. The zero-order chi connectivity index (χ0) is 24.5. The fourth-order valence-electron chi connectivity index (χ4n) is 4.80. The largest absolute Gasteiger partial charge is 0.508 e. The van der Waals surface area contributed by atoms with E-state index < -0.39 is 17.7 Å². The Bertz CT molecular complexity index is 1290. The van der Waals surface area contributed by atoms with Crippen molar-refractivity contribution in [1.29, 1.82) is 0 Å². The van der Waals surface area contributed by atoms with E-state index in [-0.39, 0.29) is 17.1 Å². The van der Waals surface area contributed by atoms with Gasteiger partial charge in [0.05, 0.1) is 18.7 Å². The number of ether oxygens (including phenoxy) is 1. The van der Waals surface area contributed by atoms with Crippen molar-refractivity contribution in [3.63, 3.8) is 0 Å². The number of nitrogens with zero attached hydrogens (tertiary/aromatic N) is 2. The van der Waals surface area contributed by atoms with Crippen molar-refractivity contribution in [1.82, 2.24) is 0 Å². The van der Waals surface area contributed by atoms with Gasteiger partial charge in [0.25, 0.3) is 11.7 Å². The lowest BCUT2D eigenvalue weighted by atomic mass is 9.95. The molecule has 0 radical (unpaired) electrons. The van der Waals surface area contributed by atoms with Crippen LogP contribution in [0.4, 0.5) is 11.4 Å². The van der Waals surface area contributed by atoms with Gasteiger partial charge in [0.1, 0.15) is 17.3 Å². The van der Waals surface area contributed by atoms with Crippen molar-refractivity contribution in [3.05, 3.63) is 89.5 Å². The van der Waals surface area contributed by atoms with Crippen LogP contribution < -0.4 is 14.5 Å². The summed E-state index contributed by atoms with van der Waals surface area (Å²) >= 11 is 0. The van der Waals surface area contributed by atoms with E-state index in [0.29, 0.717) is 22.6 Å². The first kappa shape index (κ1) is 22.5. The first-order chi connectivity index (χ1) is 17.0. The Hall–Kier alpha value is -4.26. The molecule has 178 valence electrons. The highest BCUT2D eigenvalue weighted by molar-refractivity contribution is 6.51. The number of Topliss-reactive ketones (excluding diaryl/α,β-unsaturated/α-hetero) is 1. The summed E-state index contributed by atoms with van der Waals surface area (Å²) in [6.45, 7) is 2.00. The highest BCUT2D eigenvalue weighted by atomic mass is 16.5. The molecule has 2 fully saturated rings. The molecule has 35 heavy (non-hydrogen) atoms. The van der Waals surface area contributed by atoms with Crippen molar-refractivity contribution in [2.75, 3.05) is 30.0 Å². The lowest BCUT2D eigenvalue weighted by Crippen LogP contribution is -2.29. The normalized spacial score (nSPS) is 19.4. The summed E-state index contributed by atoms with van der Waals surface area (Å²) in [6.07, 6.45) is 2.31. The third-order valence-corrected chi connectivity index (χ3v) is 6.60. The maximum absolute atomic E-state index is 13.3. The second-order valence-electron chi connectivity index (χ2n) is 8.70. The SMILES string of the molecule is COc1cccc(/C(O)=C2\C(=O)C(=O)N(c3ccc(N4CCCC4)cc3)C2c2ccc(O)cc2)c1. The van der Waals surface area contributed by atoms with E-state index in [1.54, 1.807) is 36.4 Å². The first-order valence-electron chi connectivity index (χ1n) is 11.6. The quantitative estimate of drug-likeness (QED) is 0.321. The fourth-order valence-corrected chi connectivity index (χ4v) is 4.80. The molecule has 3 aromatic carbocycles. The Morgan fingerprint density at radius 1 is 0.914 bits per heavy atom. The predicted molar refractivity (Wildman–Crippen MR) is 134 cm³/mol. The Labute approximate surface area is 203 Å². The zero-order valence-corrected chi connectivity index (χ0v) is 19.3. The molecule has 0 aromatic heterocycles. The van der Waals surface area contributed by atoms with E-state index in [9.17, 15) is 19.8 Å². The third kappa shape index (κ3) is 4.10. The van der Waals surface area contributed by atoms with Gasteiger partial charge in [0.2, 0.25) is 0 Å². The van der Waals surface area contributed by atoms with Gasteiger partial charge < -0.3 is 19.8 Å². The maximum Gasteiger partial charge on any atom is 0.300 e. The average molecular weight is 471 g/mol. The number of aromatic hydroxyl groups is 1. The molecule has 0 spiro atoms. The Kier molecular flexibility index (Phi) is 5.91. The minimum Gasteiger partial charge on any atom is -0.508 e. The second-order valence-corrected chi connectivity index (χ2v) is 8.70. The van der Waals surface area contributed by atoms with E-state index >= 15 is 0 Å². The van der Waals surface area contributed by atoms with Gasteiger partial charge in [-0.05, 0) is 66.9 Å². The molecule has 7 heteroatoms. The van der Waals surface area contributed by atoms with Crippen LogP contribution >= 0.6 is 0 Å². The third-order valence-electron chi connectivity index (χ3n) is 6.60. The summed E-state index contributed by atoms with van der Waals surface area (Å²) in [6, 6.07) is 19.7.